The fraction of sp³-hybridized carbons (Fsp3) is 0.350. The lowest BCUT2D eigenvalue weighted by Crippen LogP contribution is -2.39. The van der Waals surface area contributed by atoms with Crippen LogP contribution < -0.4 is 15.4 Å². The van der Waals surface area contributed by atoms with Gasteiger partial charge in [-0.15, -0.1) is 0 Å². The number of ether oxygens (including phenoxy) is 1. The largest absolute Gasteiger partial charge is 0.489 e. The highest BCUT2D eigenvalue weighted by atomic mass is 35.6. The molecule has 1 aliphatic rings. The predicted molar refractivity (Wildman–Crippen MR) is 109 cm³/mol. The van der Waals surface area contributed by atoms with Crippen LogP contribution in [0.3, 0.4) is 0 Å². The normalized spacial score (nSPS) is 16.9. The maximum absolute atomic E-state index is 12.0. The summed E-state index contributed by atoms with van der Waals surface area (Å²) in [6.45, 7) is 1.79. The number of carbonyl (C=O) groups is 1. The van der Waals surface area contributed by atoms with Crippen LogP contribution in [0.5, 0.6) is 5.75 Å². The van der Waals surface area contributed by atoms with Crippen LogP contribution in [0.15, 0.2) is 48.5 Å². The molecule has 7 heteroatoms. The van der Waals surface area contributed by atoms with Gasteiger partial charge in [-0.05, 0) is 48.7 Å². The molecule has 0 radical (unpaired) electrons. The van der Waals surface area contributed by atoms with Crippen molar-refractivity contribution in [3.05, 3.63) is 65.2 Å². The van der Waals surface area contributed by atoms with Crippen molar-refractivity contribution in [2.45, 2.75) is 35.8 Å². The first-order valence-electron chi connectivity index (χ1n) is 8.81. The van der Waals surface area contributed by atoms with Crippen LogP contribution in [0.4, 0.5) is 0 Å². The van der Waals surface area contributed by atoms with Gasteiger partial charge in [0.05, 0.1) is 6.04 Å². The average molecular weight is 428 g/mol. The van der Waals surface area contributed by atoms with E-state index in [1.165, 1.54) is 0 Å². The molecule has 1 saturated heterocycles. The molecule has 0 unspecified atom stereocenters. The summed E-state index contributed by atoms with van der Waals surface area (Å²) >= 11 is 17.7. The lowest BCUT2D eigenvalue weighted by atomic mass is 10.1. The molecule has 1 amide bonds. The molecule has 0 aliphatic carbocycles. The van der Waals surface area contributed by atoms with E-state index in [4.69, 9.17) is 39.5 Å². The lowest BCUT2D eigenvalue weighted by Gasteiger charge is -2.13. The first-order chi connectivity index (χ1) is 12.9. The summed E-state index contributed by atoms with van der Waals surface area (Å²) in [7, 11) is 0. The van der Waals surface area contributed by atoms with Gasteiger partial charge in [-0.25, -0.2) is 0 Å². The second-order valence-corrected chi connectivity index (χ2v) is 8.78. The molecule has 144 valence electrons. The summed E-state index contributed by atoms with van der Waals surface area (Å²) in [4.78, 5) is 12.0. The molecule has 3 rings (SSSR count). The Bertz CT molecular complexity index is 770. The highest BCUT2D eigenvalue weighted by molar-refractivity contribution is 6.66. The van der Waals surface area contributed by atoms with E-state index in [-0.39, 0.29) is 11.9 Å². The topological polar surface area (TPSA) is 50.4 Å². The maximum atomic E-state index is 12.0. The Balaban J connectivity index is 1.50. The average Bonchev–Trinajstić information content (AvgIpc) is 3.20. The van der Waals surface area contributed by atoms with Crippen molar-refractivity contribution in [3.63, 3.8) is 0 Å². The van der Waals surface area contributed by atoms with Crippen molar-refractivity contribution in [1.82, 2.24) is 10.6 Å². The Morgan fingerprint density at radius 2 is 1.93 bits per heavy atom. The summed E-state index contributed by atoms with van der Waals surface area (Å²) in [6.07, 6.45) is 1.95. The molecule has 1 atom stereocenters. The molecular formula is C20H21Cl3N2O2. The molecule has 0 saturated carbocycles. The smallest absolute Gasteiger partial charge is 0.237 e. The number of halogens is 3. The Morgan fingerprint density at radius 3 is 2.59 bits per heavy atom. The maximum Gasteiger partial charge on any atom is 0.237 e. The Kier molecular flexibility index (Phi) is 6.88. The van der Waals surface area contributed by atoms with E-state index in [0.717, 1.165) is 36.3 Å². The molecule has 0 aromatic heterocycles. The van der Waals surface area contributed by atoms with E-state index < -0.39 is 3.79 Å². The number of amides is 1. The van der Waals surface area contributed by atoms with Gasteiger partial charge in [0.15, 0.2) is 0 Å². The van der Waals surface area contributed by atoms with Gasteiger partial charge in [0, 0.05) is 12.1 Å². The van der Waals surface area contributed by atoms with Gasteiger partial charge in [-0.1, -0.05) is 65.1 Å². The molecule has 27 heavy (non-hydrogen) atoms. The van der Waals surface area contributed by atoms with Crippen LogP contribution in [-0.2, 0) is 21.7 Å². The van der Waals surface area contributed by atoms with Crippen molar-refractivity contribution >= 4 is 40.7 Å². The molecule has 2 N–H and O–H groups in total. The summed E-state index contributed by atoms with van der Waals surface area (Å²) in [6, 6.07) is 14.9. The predicted octanol–water partition coefficient (Wildman–Crippen LogP) is 4.46. The van der Waals surface area contributed by atoms with Crippen LogP contribution in [0.1, 0.15) is 29.5 Å². The highest BCUT2D eigenvalue weighted by Gasteiger charge is 2.23. The van der Waals surface area contributed by atoms with Crippen molar-refractivity contribution < 1.29 is 9.53 Å². The number of alkyl halides is 3. The zero-order valence-electron chi connectivity index (χ0n) is 14.7. The van der Waals surface area contributed by atoms with Gasteiger partial charge < -0.3 is 15.4 Å². The molecule has 2 aromatic rings. The van der Waals surface area contributed by atoms with E-state index in [0.29, 0.717) is 18.7 Å². The first kappa shape index (κ1) is 20.3. The monoisotopic (exact) mass is 426 g/mol. The number of benzene rings is 2. The van der Waals surface area contributed by atoms with Crippen molar-refractivity contribution in [2.75, 3.05) is 6.54 Å². The first-order valence-corrected chi connectivity index (χ1v) is 9.94. The Labute approximate surface area is 174 Å². The fourth-order valence-electron chi connectivity index (χ4n) is 2.93. The number of rotatable bonds is 6. The second kappa shape index (κ2) is 9.16. The minimum absolute atomic E-state index is 0.0571. The quantitative estimate of drug-likeness (QED) is 0.669. The molecule has 4 nitrogen and oxygen atoms in total. The fourth-order valence-corrected chi connectivity index (χ4v) is 3.28. The van der Waals surface area contributed by atoms with Crippen molar-refractivity contribution in [1.29, 1.82) is 0 Å². The van der Waals surface area contributed by atoms with Gasteiger partial charge in [0.25, 0.3) is 0 Å². The summed E-state index contributed by atoms with van der Waals surface area (Å²) in [5, 5.41) is 6.15. The molecule has 1 aliphatic heterocycles. The van der Waals surface area contributed by atoms with Crippen LogP contribution in [0, 0.1) is 0 Å². The number of hydrogen-bond donors (Lipinski definition) is 2. The molecule has 1 fully saturated rings. The van der Waals surface area contributed by atoms with Crippen molar-refractivity contribution in [2.24, 2.45) is 0 Å². The summed E-state index contributed by atoms with van der Waals surface area (Å²) in [5.41, 5.74) is 2.54. The third-order valence-electron chi connectivity index (χ3n) is 4.43. The van der Waals surface area contributed by atoms with Gasteiger partial charge in [-0.3, -0.25) is 4.79 Å². The number of nitrogens with one attached hydrogen (secondary N) is 2. The van der Waals surface area contributed by atoms with Gasteiger partial charge in [0.1, 0.15) is 12.4 Å². The Hall–Kier alpha value is -1.46. The van der Waals surface area contributed by atoms with Crippen LogP contribution in [0.2, 0.25) is 0 Å². The second-order valence-electron chi connectivity index (χ2n) is 6.50. The summed E-state index contributed by atoms with van der Waals surface area (Å²) < 4.78 is 4.35. The summed E-state index contributed by atoms with van der Waals surface area (Å²) in [5.74, 6) is 0.795. The molecule has 1 heterocycles. The van der Waals surface area contributed by atoms with Crippen LogP contribution in [0.25, 0.3) is 0 Å². The van der Waals surface area contributed by atoms with Gasteiger partial charge >= 0.3 is 0 Å². The molecule has 0 spiro atoms. The molecule has 0 bridgehead atoms. The standard InChI is InChI=1S/C20H21Cl3N2O2/c21-20(22,23)16-4-1-3-15(11-16)13-27-17-8-6-14(7-9-17)12-25-19(26)18-5-2-10-24-18/h1,3-4,6-9,11,18,24H,2,5,10,12-13H2,(H,25,26)/t18-/m0/s1. The minimum atomic E-state index is -1.45. The third-order valence-corrected chi connectivity index (χ3v) is 5.08. The zero-order valence-corrected chi connectivity index (χ0v) is 16.9. The van der Waals surface area contributed by atoms with Crippen LogP contribution >= 0.6 is 34.8 Å². The van der Waals surface area contributed by atoms with E-state index >= 15 is 0 Å². The van der Waals surface area contributed by atoms with E-state index in [1.54, 1.807) is 6.07 Å². The minimum Gasteiger partial charge on any atom is -0.489 e. The SMILES string of the molecule is O=C(NCc1ccc(OCc2cccc(C(Cl)(Cl)Cl)c2)cc1)[C@@H]1CCCN1. The van der Waals surface area contributed by atoms with E-state index in [1.807, 2.05) is 42.5 Å². The zero-order chi connectivity index (χ0) is 19.3. The molecular weight excluding hydrogens is 407 g/mol. The van der Waals surface area contributed by atoms with Crippen molar-refractivity contribution in [3.8, 4) is 5.75 Å². The van der Waals surface area contributed by atoms with E-state index in [2.05, 4.69) is 10.6 Å². The highest BCUT2D eigenvalue weighted by Crippen LogP contribution is 2.38. The lowest BCUT2D eigenvalue weighted by molar-refractivity contribution is -0.122. The van der Waals surface area contributed by atoms with Crippen LogP contribution in [-0.4, -0.2) is 18.5 Å². The number of hydrogen-bond acceptors (Lipinski definition) is 3. The van der Waals surface area contributed by atoms with Gasteiger partial charge in [-0.2, -0.15) is 0 Å². The third kappa shape index (κ3) is 6.01. The van der Waals surface area contributed by atoms with Gasteiger partial charge in [0.2, 0.25) is 9.70 Å². The Morgan fingerprint density at radius 1 is 1.15 bits per heavy atom. The number of carbonyl (C=O) groups excluding carboxylic acids is 1. The van der Waals surface area contributed by atoms with E-state index in [9.17, 15) is 4.79 Å². The molecule has 2 aromatic carbocycles.